The molecule has 1 unspecified atom stereocenters. The summed E-state index contributed by atoms with van der Waals surface area (Å²) in [6, 6.07) is 0.212. The molecular weight excluding hydrogens is 196 g/mol. The first-order valence-electron chi connectivity index (χ1n) is 4.79. The number of amides is 1. The van der Waals surface area contributed by atoms with Gasteiger partial charge in [0.2, 0.25) is 0 Å². The van der Waals surface area contributed by atoms with E-state index in [9.17, 15) is 4.79 Å². The predicted octanol–water partition coefficient (Wildman–Crippen LogP) is 2.29. The van der Waals surface area contributed by atoms with Crippen molar-refractivity contribution in [2.45, 2.75) is 40.2 Å². The van der Waals surface area contributed by atoms with Gasteiger partial charge in [-0.25, -0.2) is 4.98 Å². The van der Waals surface area contributed by atoms with Gasteiger partial charge in [-0.3, -0.25) is 4.79 Å². The van der Waals surface area contributed by atoms with Gasteiger partial charge >= 0.3 is 0 Å². The van der Waals surface area contributed by atoms with E-state index in [1.165, 1.54) is 0 Å². The Bertz CT molecular complexity index is 333. The van der Waals surface area contributed by atoms with Crippen LogP contribution in [0.3, 0.4) is 0 Å². The second-order valence-electron chi connectivity index (χ2n) is 3.42. The second-order valence-corrected chi connectivity index (χ2v) is 4.83. The van der Waals surface area contributed by atoms with Gasteiger partial charge in [-0.1, -0.05) is 6.92 Å². The number of aryl methyl sites for hydroxylation is 2. The van der Waals surface area contributed by atoms with E-state index in [-0.39, 0.29) is 11.9 Å². The van der Waals surface area contributed by atoms with Gasteiger partial charge in [-0.15, -0.1) is 11.3 Å². The Kier molecular flexibility index (Phi) is 3.63. The molecule has 0 aliphatic carbocycles. The van der Waals surface area contributed by atoms with E-state index in [4.69, 9.17) is 0 Å². The normalized spacial score (nSPS) is 12.6. The number of rotatable bonds is 3. The SMILES string of the molecule is CCC(C)NC(=O)c1nc(C)sc1C. The molecule has 78 valence electrons. The lowest BCUT2D eigenvalue weighted by molar-refractivity contribution is 0.0934. The van der Waals surface area contributed by atoms with Gasteiger partial charge in [-0.2, -0.15) is 0 Å². The van der Waals surface area contributed by atoms with E-state index in [0.717, 1.165) is 16.3 Å². The smallest absolute Gasteiger partial charge is 0.271 e. The highest BCUT2D eigenvalue weighted by Gasteiger charge is 2.14. The minimum atomic E-state index is -0.0544. The van der Waals surface area contributed by atoms with Gasteiger partial charge in [0, 0.05) is 10.9 Å². The van der Waals surface area contributed by atoms with E-state index < -0.39 is 0 Å². The van der Waals surface area contributed by atoms with Crippen molar-refractivity contribution >= 4 is 17.2 Å². The van der Waals surface area contributed by atoms with Gasteiger partial charge in [0.15, 0.2) is 0 Å². The monoisotopic (exact) mass is 212 g/mol. The molecule has 0 fully saturated rings. The van der Waals surface area contributed by atoms with Gasteiger partial charge in [0.25, 0.3) is 5.91 Å². The van der Waals surface area contributed by atoms with E-state index in [2.05, 4.69) is 10.3 Å². The average molecular weight is 212 g/mol. The molecule has 0 bridgehead atoms. The van der Waals surface area contributed by atoms with Crippen LogP contribution in [0.15, 0.2) is 0 Å². The maximum atomic E-state index is 11.7. The molecule has 4 heteroatoms. The summed E-state index contributed by atoms with van der Waals surface area (Å²) in [5.74, 6) is -0.0544. The Morgan fingerprint density at radius 3 is 2.64 bits per heavy atom. The minimum absolute atomic E-state index is 0.0544. The summed E-state index contributed by atoms with van der Waals surface area (Å²) < 4.78 is 0. The van der Waals surface area contributed by atoms with Crippen LogP contribution in [0, 0.1) is 13.8 Å². The number of hydrogen-bond acceptors (Lipinski definition) is 3. The molecule has 3 nitrogen and oxygen atoms in total. The van der Waals surface area contributed by atoms with Crippen LogP contribution in [-0.4, -0.2) is 16.9 Å². The number of hydrogen-bond donors (Lipinski definition) is 1. The number of thiazole rings is 1. The molecule has 0 spiro atoms. The van der Waals surface area contributed by atoms with E-state index in [1.54, 1.807) is 11.3 Å². The zero-order valence-electron chi connectivity index (χ0n) is 9.05. The van der Waals surface area contributed by atoms with Crippen molar-refractivity contribution in [3.05, 3.63) is 15.6 Å². The third-order valence-electron chi connectivity index (χ3n) is 2.11. The Morgan fingerprint density at radius 2 is 2.21 bits per heavy atom. The average Bonchev–Trinajstić information content (AvgIpc) is 2.45. The van der Waals surface area contributed by atoms with Crippen molar-refractivity contribution in [2.24, 2.45) is 0 Å². The summed E-state index contributed by atoms with van der Waals surface area (Å²) in [4.78, 5) is 16.9. The highest BCUT2D eigenvalue weighted by atomic mass is 32.1. The molecular formula is C10H16N2OS. The molecule has 0 saturated heterocycles. The number of nitrogens with zero attached hydrogens (tertiary/aromatic N) is 1. The molecule has 1 amide bonds. The highest BCUT2D eigenvalue weighted by Crippen LogP contribution is 2.16. The molecule has 1 aromatic heterocycles. The molecule has 1 aromatic rings. The van der Waals surface area contributed by atoms with Crippen molar-refractivity contribution in [3.8, 4) is 0 Å². The maximum Gasteiger partial charge on any atom is 0.271 e. The zero-order chi connectivity index (χ0) is 10.7. The van der Waals surface area contributed by atoms with Crippen LogP contribution in [0.2, 0.25) is 0 Å². The summed E-state index contributed by atoms with van der Waals surface area (Å²) in [6.07, 6.45) is 0.938. The Balaban J connectivity index is 2.74. The van der Waals surface area contributed by atoms with Crippen LogP contribution < -0.4 is 5.32 Å². The van der Waals surface area contributed by atoms with E-state index in [1.807, 2.05) is 27.7 Å². The standard InChI is InChI=1S/C10H16N2OS/c1-5-6(2)11-10(13)9-7(3)14-8(4)12-9/h6H,5H2,1-4H3,(H,11,13). The minimum Gasteiger partial charge on any atom is -0.348 e. The third-order valence-corrected chi connectivity index (χ3v) is 2.99. The molecule has 0 saturated carbocycles. The summed E-state index contributed by atoms with van der Waals surface area (Å²) in [7, 11) is 0. The predicted molar refractivity (Wildman–Crippen MR) is 58.8 cm³/mol. The third kappa shape index (κ3) is 2.54. The lowest BCUT2D eigenvalue weighted by Crippen LogP contribution is -2.32. The van der Waals surface area contributed by atoms with Crippen LogP contribution in [0.4, 0.5) is 0 Å². The fourth-order valence-corrected chi connectivity index (χ4v) is 1.95. The maximum absolute atomic E-state index is 11.7. The van der Waals surface area contributed by atoms with Gasteiger partial charge in [0.1, 0.15) is 5.69 Å². The highest BCUT2D eigenvalue weighted by molar-refractivity contribution is 7.11. The fourth-order valence-electron chi connectivity index (χ4n) is 1.13. The summed E-state index contributed by atoms with van der Waals surface area (Å²) >= 11 is 1.56. The van der Waals surface area contributed by atoms with Crippen LogP contribution >= 0.6 is 11.3 Å². The largest absolute Gasteiger partial charge is 0.348 e. The molecule has 0 aliphatic rings. The zero-order valence-corrected chi connectivity index (χ0v) is 9.86. The lowest BCUT2D eigenvalue weighted by atomic mass is 10.2. The van der Waals surface area contributed by atoms with E-state index >= 15 is 0 Å². The van der Waals surface area contributed by atoms with Crippen LogP contribution in [0.1, 0.15) is 40.6 Å². The summed E-state index contributed by atoms with van der Waals surface area (Å²) in [6.45, 7) is 7.88. The molecule has 1 rings (SSSR count). The first-order valence-corrected chi connectivity index (χ1v) is 5.61. The molecule has 1 N–H and O–H groups in total. The number of carbonyl (C=O) groups excluding carboxylic acids is 1. The molecule has 0 aromatic carbocycles. The lowest BCUT2D eigenvalue weighted by Gasteiger charge is -2.09. The van der Waals surface area contributed by atoms with Gasteiger partial charge < -0.3 is 5.32 Å². The van der Waals surface area contributed by atoms with Gasteiger partial charge in [0.05, 0.1) is 5.01 Å². The first-order chi connectivity index (χ1) is 6.54. The van der Waals surface area contributed by atoms with Crippen molar-refractivity contribution in [3.63, 3.8) is 0 Å². The van der Waals surface area contributed by atoms with Crippen LogP contribution in [0.5, 0.6) is 0 Å². The molecule has 14 heavy (non-hydrogen) atoms. The first kappa shape index (κ1) is 11.2. The van der Waals surface area contributed by atoms with Crippen molar-refractivity contribution < 1.29 is 4.79 Å². The van der Waals surface area contributed by atoms with Crippen LogP contribution in [-0.2, 0) is 0 Å². The molecule has 0 radical (unpaired) electrons. The fraction of sp³-hybridized carbons (Fsp3) is 0.600. The molecule has 1 heterocycles. The topological polar surface area (TPSA) is 42.0 Å². The van der Waals surface area contributed by atoms with Crippen molar-refractivity contribution in [2.75, 3.05) is 0 Å². The second kappa shape index (κ2) is 4.55. The Hall–Kier alpha value is -0.900. The number of carbonyl (C=O) groups is 1. The van der Waals surface area contributed by atoms with E-state index in [0.29, 0.717) is 5.69 Å². The molecule has 1 atom stereocenters. The number of nitrogens with one attached hydrogen (secondary N) is 1. The molecule has 0 aliphatic heterocycles. The Labute approximate surface area is 88.6 Å². The summed E-state index contributed by atoms with van der Waals surface area (Å²) in [5, 5.41) is 3.85. The summed E-state index contributed by atoms with van der Waals surface area (Å²) in [5.41, 5.74) is 0.577. The quantitative estimate of drug-likeness (QED) is 0.835. The van der Waals surface area contributed by atoms with Gasteiger partial charge in [-0.05, 0) is 27.2 Å². The Morgan fingerprint density at radius 1 is 1.57 bits per heavy atom. The van der Waals surface area contributed by atoms with Crippen molar-refractivity contribution in [1.82, 2.24) is 10.3 Å². The number of aromatic nitrogens is 1. The van der Waals surface area contributed by atoms with Crippen LogP contribution in [0.25, 0.3) is 0 Å². The van der Waals surface area contributed by atoms with Crippen molar-refractivity contribution in [1.29, 1.82) is 0 Å².